The second-order valence-corrected chi connectivity index (χ2v) is 16.8. The SMILES string of the molecule is CCS(=O)Nc1ccc(-c2nn(C)c3c(/C(C=NC4CCN(C(=O)C5CCC5)CC4)=C/N)cnc(N)c23)cc1F.CNc1cccc(C=O)c1C(=O)N(C)C1CCC(=O)NC1=O. The van der Waals surface area contributed by atoms with Crippen molar-refractivity contribution in [1.82, 2.24) is 29.9 Å². The minimum absolute atomic E-state index is 0.0943. The van der Waals surface area contributed by atoms with Gasteiger partial charge in [-0.1, -0.05) is 31.5 Å². The van der Waals surface area contributed by atoms with Crippen molar-refractivity contribution in [3.05, 3.63) is 71.3 Å². The smallest absolute Gasteiger partial charge is 0.257 e. The Kier molecular flexibility index (Phi) is 14.5. The molecule has 0 spiro atoms. The van der Waals surface area contributed by atoms with Gasteiger partial charge in [0, 0.05) is 98.9 Å². The molecule has 4 amide bonds. The Hall–Kier alpha value is -6.50. The van der Waals surface area contributed by atoms with Crippen molar-refractivity contribution in [3.63, 3.8) is 0 Å². The van der Waals surface area contributed by atoms with Crippen LogP contribution in [0.15, 0.2) is 53.8 Å². The Morgan fingerprint density at radius 1 is 1.11 bits per heavy atom. The molecule has 3 fully saturated rings. The van der Waals surface area contributed by atoms with Gasteiger partial charge >= 0.3 is 0 Å². The first-order valence-electron chi connectivity index (χ1n) is 20.5. The van der Waals surface area contributed by atoms with E-state index < -0.39 is 34.7 Å². The molecule has 2 atom stereocenters. The van der Waals surface area contributed by atoms with Crippen LogP contribution in [0.1, 0.15) is 78.1 Å². The zero-order chi connectivity index (χ0) is 44.7. The molecule has 2 aromatic carbocycles. The predicted molar refractivity (Wildman–Crippen MR) is 238 cm³/mol. The summed E-state index contributed by atoms with van der Waals surface area (Å²) in [6.07, 6.45) is 10.7. The highest BCUT2D eigenvalue weighted by Crippen LogP contribution is 2.36. The molecule has 1 aliphatic carbocycles. The number of likely N-dealkylation sites (tertiary alicyclic amines) is 1. The van der Waals surface area contributed by atoms with E-state index in [1.807, 2.05) is 4.90 Å². The lowest BCUT2D eigenvalue weighted by molar-refractivity contribution is -0.139. The van der Waals surface area contributed by atoms with Gasteiger partial charge in [0.1, 0.15) is 34.4 Å². The third-order valence-corrected chi connectivity index (χ3v) is 12.4. The van der Waals surface area contributed by atoms with Gasteiger partial charge in [0.25, 0.3) is 5.91 Å². The lowest BCUT2D eigenvalue weighted by Crippen LogP contribution is -2.53. The van der Waals surface area contributed by atoms with E-state index in [4.69, 9.17) is 16.5 Å². The summed E-state index contributed by atoms with van der Waals surface area (Å²) in [4.78, 5) is 72.0. The fourth-order valence-corrected chi connectivity index (χ4v) is 8.27. The summed E-state index contributed by atoms with van der Waals surface area (Å²) < 4.78 is 31.0. The number of piperidine rings is 2. The van der Waals surface area contributed by atoms with Crippen LogP contribution in [0, 0.1) is 11.7 Å². The number of pyridine rings is 1. The Morgan fingerprint density at radius 2 is 1.85 bits per heavy atom. The first kappa shape index (κ1) is 45.0. The number of anilines is 3. The largest absolute Gasteiger partial charge is 0.404 e. The second kappa shape index (κ2) is 19.9. The maximum absolute atomic E-state index is 14.9. The summed E-state index contributed by atoms with van der Waals surface area (Å²) in [6, 6.07) is 8.83. The number of rotatable bonds is 12. The van der Waals surface area contributed by atoms with Crippen molar-refractivity contribution >= 4 is 80.8 Å². The fraction of sp³-hybridized carbons (Fsp3) is 0.395. The third-order valence-electron chi connectivity index (χ3n) is 11.5. The first-order chi connectivity index (χ1) is 29.8. The number of carbonyl (C=O) groups is 5. The Bertz CT molecular complexity index is 2460. The van der Waals surface area contributed by atoms with Gasteiger partial charge < -0.3 is 31.3 Å². The molecular weight excluding hydrogens is 818 g/mol. The van der Waals surface area contributed by atoms with Crippen LogP contribution in [-0.4, -0.2) is 110 Å². The van der Waals surface area contributed by atoms with Crippen LogP contribution in [0.4, 0.5) is 21.6 Å². The van der Waals surface area contributed by atoms with Gasteiger partial charge in [-0.2, -0.15) is 5.10 Å². The number of nitrogens with one attached hydrogen (secondary N) is 3. The number of imide groups is 1. The molecule has 2 aliphatic heterocycles. The number of hydrogen-bond donors (Lipinski definition) is 5. The van der Waals surface area contributed by atoms with E-state index in [0.717, 1.165) is 45.2 Å². The van der Waals surface area contributed by atoms with Gasteiger partial charge in [-0.25, -0.2) is 13.6 Å². The molecule has 4 heterocycles. The van der Waals surface area contributed by atoms with Crippen molar-refractivity contribution in [2.45, 2.75) is 64.0 Å². The second-order valence-electron chi connectivity index (χ2n) is 15.3. The number of carbonyl (C=O) groups excluding carboxylic acids is 5. The molecule has 0 radical (unpaired) electrons. The number of aryl methyl sites for hydroxylation is 1. The van der Waals surface area contributed by atoms with E-state index in [1.165, 1.54) is 30.3 Å². The molecule has 2 unspecified atom stereocenters. The molecule has 2 aromatic heterocycles. The molecule has 17 nitrogen and oxygen atoms in total. The van der Waals surface area contributed by atoms with E-state index in [-0.39, 0.29) is 53.3 Å². The topological polar surface area (TPSA) is 240 Å². The molecule has 3 aliphatic rings. The van der Waals surface area contributed by atoms with Gasteiger partial charge in [0.2, 0.25) is 17.7 Å². The highest BCUT2D eigenvalue weighted by molar-refractivity contribution is 7.86. The maximum atomic E-state index is 14.9. The lowest BCUT2D eigenvalue weighted by Gasteiger charge is -2.35. The number of aliphatic imine (C=N–C) groups is 1. The van der Waals surface area contributed by atoms with Crippen LogP contribution in [0.2, 0.25) is 0 Å². The summed E-state index contributed by atoms with van der Waals surface area (Å²) in [5.74, 6) is -0.704. The molecule has 1 saturated carbocycles. The molecule has 2 saturated heterocycles. The number of nitrogen functional groups attached to an aromatic ring is 1. The van der Waals surface area contributed by atoms with Gasteiger partial charge in [-0.05, 0) is 50.3 Å². The van der Waals surface area contributed by atoms with E-state index in [9.17, 15) is 32.6 Å². The Labute approximate surface area is 361 Å². The standard InChI is InChI=1S/C28H35FN8O2S.C15H17N3O4/c1-3-40(39)35-23-8-7-18(13-22(23)29)25-24-26(36(2)34-25)21(16-33-27(24)31)19(14-30)15-32-20-9-11-37(12-10-20)28(38)17-5-4-6-17;1-16-10-5-3-4-9(8-19)13(10)15(22)18(2)11-6-7-12(20)17-14(11)21/h7-8,13-17,20,35H,3-6,9-12,30H2,1-2H3,(H2,31,33);3-5,8,11,16H,6-7H2,1-2H3,(H,17,20,21)/b19-14+,32-15?;. The summed E-state index contributed by atoms with van der Waals surface area (Å²) >= 11 is 0. The zero-order valence-electron chi connectivity index (χ0n) is 35.2. The minimum Gasteiger partial charge on any atom is -0.404 e. The number of aromatic nitrogens is 3. The van der Waals surface area contributed by atoms with Crippen molar-refractivity contribution in [3.8, 4) is 11.3 Å². The van der Waals surface area contributed by atoms with Crippen LogP contribution in [-0.2, 0) is 32.4 Å². The molecule has 0 bridgehead atoms. The van der Waals surface area contributed by atoms with E-state index >= 15 is 0 Å². The molecule has 4 aromatic rings. The number of nitrogens with zero attached hydrogens (tertiary/aromatic N) is 6. The van der Waals surface area contributed by atoms with Gasteiger partial charge in [-0.15, -0.1) is 0 Å². The number of halogens is 1. The molecular formula is C43H52FN11O6S. The van der Waals surface area contributed by atoms with Crippen molar-refractivity contribution in [2.24, 2.45) is 23.7 Å². The number of benzene rings is 2. The third kappa shape index (κ3) is 9.67. The minimum atomic E-state index is -1.37. The summed E-state index contributed by atoms with van der Waals surface area (Å²) in [5.41, 5.74) is 16.5. The molecule has 19 heteroatoms. The van der Waals surface area contributed by atoms with Crippen LogP contribution >= 0.6 is 0 Å². The number of fused-ring (bicyclic) bond motifs is 1. The normalized spacial score (nSPS) is 17.8. The number of allylic oxidation sites excluding steroid dienone is 1. The van der Waals surface area contributed by atoms with E-state index in [1.54, 1.807) is 62.4 Å². The lowest BCUT2D eigenvalue weighted by atomic mass is 9.84. The fourth-order valence-electron chi connectivity index (χ4n) is 7.71. The molecule has 7 N–H and O–H groups in total. The summed E-state index contributed by atoms with van der Waals surface area (Å²) in [5, 5.41) is 10.3. The average molecular weight is 870 g/mol. The van der Waals surface area contributed by atoms with Crippen LogP contribution in [0.25, 0.3) is 27.7 Å². The highest BCUT2D eigenvalue weighted by Gasteiger charge is 2.34. The number of amides is 4. The highest BCUT2D eigenvalue weighted by atomic mass is 32.2. The molecule has 62 heavy (non-hydrogen) atoms. The van der Waals surface area contributed by atoms with E-state index in [0.29, 0.717) is 56.9 Å². The van der Waals surface area contributed by atoms with Gasteiger partial charge in [0.15, 0.2) is 6.29 Å². The van der Waals surface area contributed by atoms with Crippen molar-refractivity contribution in [1.29, 1.82) is 0 Å². The quantitative estimate of drug-likeness (QED) is 0.0774. The van der Waals surface area contributed by atoms with Crippen LogP contribution in [0.3, 0.4) is 0 Å². The molecule has 7 rings (SSSR count). The average Bonchev–Trinajstić information content (AvgIpc) is 3.61. The summed E-state index contributed by atoms with van der Waals surface area (Å²) in [7, 11) is 3.55. The van der Waals surface area contributed by atoms with Crippen LogP contribution in [0.5, 0.6) is 0 Å². The van der Waals surface area contributed by atoms with Crippen LogP contribution < -0.4 is 26.8 Å². The Balaban J connectivity index is 0.000000246. The molecule has 328 valence electrons. The van der Waals surface area contributed by atoms with Gasteiger partial charge in [-0.3, -0.25) is 39.0 Å². The van der Waals surface area contributed by atoms with Crippen molar-refractivity contribution in [2.75, 3.05) is 48.7 Å². The number of aldehydes is 1. The van der Waals surface area contributed by atoms with E-state index in [2.05, 4.69) is 25.4 Å². The predicted octanol–water partition coefficient (Wildman–Crippen LogP) is 4.03. The number of nitrogens with two attached hydrogens (primary N) is 2. The first-order valence-corrected chi connectivity index (χ1v) is 21.8. The number of hydrogen-bond acceptors (Lipinski definition) is 12. The zero-order valence-corrected chi connectivity index (χ0v) is 36.0. The number of likely N-dealkylation sites (N-methyl/N-ethyl adjacent to an activating group) is 1. The Morgan fingerprint density at radius 3 is 2.47 bits per heavy atom. The summed E-state index contributed by atoms with van der Waals surface area (Å²) in [6.45, 7) is 3.19. The maximum Gasteiger partial charge on any atom is 0.257 e. The monoisotopic (exact) mass is 869 g/mol. The van der Waals surface area contributed by atoms with Crippen molar-refractivity contribution < 1.29 is 32.6 Å². The van der Waals surface area contributed by atoms with Gasteiger partial charge in [0.05, 0.1) is 28.2 Å².